The number of aldehydes is 1. The molecule has 0 saturated carbocycles. The van der Waals surface area contributed by atoms with Crippen molar-refractivity contribution >= 4 is 6.29 Å². The smallest absolute Gasteiger partial charge is 0.139 e. The summed E-state index contributed by atoms with van der Waals surface area (Å²) < 4.78 is 5.34. The molecule has 0 aromatic rings. The van der Waals surface area contributed by atoms with Crippen molar-refractivity contribution in [3.05, 3.63) is 0 Å². The molecule has 3 nitrogen and oxygen atoms in total. The summed E-state index contributed by atoms with van der Waals surface area (Å²) in [5, 5.41) is 0. The number of unbranched alkanes of at least 4 members (excludes halogenated alkanes) is 2. The molecule has 2 N–H and O–H groups in total. The van der Waals surface area contributed by atoms with E-state index in [1.807, 2.05) is 6.92 Å². The van der Waals surface area contributed by atoms with E-state index in [0.717, 1.165) is 12.7 Å². The molecule has 0 aliphatic heterocycles. The van der Waals surface area contributed by atoms with Crippen molar-refractivity contribution in [3.8, 4) is 0 Å². The summed E-state index contributed by atoms with van der Waals surface area (Å²) in [4.78, 5) is 10.2. The van der Waals surface area contributed by atoms with Gasteiger partial charge in [0.1, 0.15) is 6.29 Å². The first-order chi connectivity index (χ1) is 5.72. The number of rotatable bonds is 7. The number of nitrogens with two attached hydrogens (primary N) is 1. The van der Waals surface area contributed by atoms with Gasteiger partial charge >= 0.3 is 0 Å². The zero-order chi connectivity index (χ0) is 9.40. The molecule has 0 rings (SSSR count). The summed E-state index contributed by atoms with van der Waals surface area (Å²) in [6, 6.07) is -0.480. The highest BCUT2D eigenvalue weighted by molar-refractivity contribution is 5.57. The Labute approximate surface area is 74.3 Å². The van der Waals surface area contributed by atoms with Crippen LogP contribution in [0.25, 0.3) is 0 Å². The van der Waals surface area contributed by atoms with E-state index in [9.17, 15) is 4.79 Å². The number of hydrogen-bond acceptors (Lipinski definition) is 3. The molecule has 0 fully saturated rings. The summed E-state index contributed by atoms with van der Waals surface area (Å²) in [5.41, 5.74) is 5.44. The molecule has 0 aliphatic carbocycles. The standard InChI is InChI=1S/C9H19NO2/c1-3-4-5-6-12-8(2)9(10)7-11/h7-9H,3-6,10H2,1-2H3/t8-,9-/m1/s1. The zero-order valence-corrected chi connectivity index (χ0v) is 7.95. The highest BCUT2D eigenvalue weighted by Crippen LogP contribution is 1.99. The first-order valence-electron chi connectivity index (χ1n) is 4.54. The van der Waals surface area contributed by atoms with Gasteiger partial charge in [0.25, 0.3) is 0 Å². The number of carbonyl (C=O) groups is 1. The molecule has 0 amide bonds. The second-order valence-corrected chi connectivity index (χ2v) is 3.00. The Balaban J connectivity index is 3.30. The predicted molar refractivity (Wildman–Crippen MR) is 49.0 cm³/mol. The second kappa shape index (κ2) is 7.25. The first-order valence-corrected chi connectivity index (χ1v) is 4.54. The van der Waals surface area contributed by atoms with Crippen molar-refractivity contribution in [2.24, 2.45) is 5.73 Å². The van der Waals surface area contributed by atoms with Gasteiger partial charge in [-0.2, -0.15) is 0 Å². The predicted octanol–water partition coefficient (Wildman–Crippen LogP) is 1.11. The van der Waals surface area contributed by atoms with E-state index in [1.54, 1.807) is 0 Å². The van der Waals surface area contributed by atoms with Gasteiger partial charge in [-0.25, -0.2) is 0 Å². The lowest BCUT2D eigenvalue weighted by Gasteiger charge is -2.15. The van der Waals surface area contributed by atoms with E-state index in [-0.39, 0.29) is 6.10 Å². The molecule has 72 valence electrons. The van der Waals surface area contributed by atoms with Crippen molar-refractivity contribution in [1.82, 2.24) is 0 Å². The van der Waals surface area contributed by atoms with Crippen LogP contribution in [0.5, 0.6) is 0 Å². The second-order valence-electron chi connectivity index (χ2n) is 3.00. The quantitative estimate of drug-likeness (QED) is 0.463. The Morgan fingerprint density at radius 2 is 2.17 bits per heavy atom. The molecule has 3 heteroatoms. The highest BCUT2D eigenvalue weighted by atomic mass is 16.5. The SMILES string of the molecule is CCCCCO[C@H](C)[C@H](N)C=O. The van der Waals surface area contributed by atoms with Crippen LogP contribution >= 0.6 is 0 Å². The third-order valence-corrected chi connectivity index (χ3v) is 1.83. The molecule has 0 saturated heterocycles. The van der Waals surface area contributed by atoms with Crippen LogP contribution in [-0.2, 0) is 9.53 Å². The summed E-state index contributed by atoms with van der Waals surface area (Å²) in [6.07, 6.45) is 3.97. The zero-order valence-electron chi connectivity index (χ0n) is 7.95. The van der Waals surface area contributed by atoms with E-state index in [1.165, 1.54) is 12.8 Å². The summed E-state index contributed by atoms with van der Waals surface area (Å²) in [7, 11) is 0. The lowest BCUT2D eigenvalue weighted by molar-refractivity contribution is -0.111. The molecular weight excluding hydrogens is 154 g/mol. The van der Waals surface area contributed by atoms with Gasteiger partial charge in [-0.05, 0) is 13.3 Å². The monoisotopic (exact) mass is 173 g/mol. The molecule has 0 spiro atoms. The molecule has 0 bridgehead atoms. The largest absolute Gasteiger partial charge is 0.376 e. The molecule has 0 heterocycles. The first kappa shape index (κ1) is 11.6. The fourth-order valence-electron chi connectivity index (χ4n) is 0.843. The van der Waals surface area contributed by atoms with Gasteiger partial charge in [0.15, 0.2) is 0 Å². The lowest BCUT2D eigenvalue weighted by Crippen LogP contribution is -2.36. The summed E-state index contributed by atoms with van der Waals surface area (Å²) in [5.74, 6) is 0. The Hall–Kier alpha value is -0.410. The van der Waals surface area contributed by atoms with Gasteiger partial charge in [-0.15, -0.1) is 0 Å². The van der Waals surface area contributed by atoms with Gasteiger partial charge in [0.05, 0.1) is 12.1 Å². The molecule has 0 radical (unpaired) electrons. The molecule has 12 heavy (non-hydrogen) atoms. The summed E-state index contributed by atoms with van der Waals surface area (Å²) in [6.45, 7) is 4.67. The van der Waals surface area contributed by atoms with Crippen molar-refractivity contribution in [2.75, 3.05) is 6.61 Å². The molecule has 0 aliphatic rings. The lowest BCUT2D eigenvalue weighted by atomic mass is 10.2. The highest BCUT2D eigenvalue weighted by Gasteiger charge is 2.10. The normalized spacial score (nSPS) is 15.6. The van der Waals surface area contributed by atoms with Crippen LogP contribution in [0.3, 0.4) is 0 Å². The van der Waals surface area contributed by atoms with Crippen LogP contribution in [0.1, 0.15) is 33.1 Å². The van der Waals surface area contributed by atoms with Gasteiger partial charge in [-0.3, -0.25) is 0 Å². The van der Waals surface area contributed by atoms with E-state index < -0.39 is 6.04 Å². The van der Waals surface area contributed by atoms with Gasteiger partial charge < -0.3 is 15.3 Å². The van der Waals surface area contributed by atoms with E-state index in [4.69, 9.17) is 10.5 Å². The van der Waals surface area contributed by atoms with Crippen molar-refractivity contribution < 1.29 is 9.53 Å². The topological polar surface area (TPSA) is 52.3 Å². The minimum Gasteiger partial charge on any atom is -0.376 e. The third kappa shape index (κ3) is 5.27. The van der Waals surface area contributed by atoms with Gasteiger partial charge in [-0.1, -0.05) is 19.8 Å². The van der Waals surface area contributed by atoms with Crippen molar-refractivity contribution in [3.63, 3.8) is 0 Å². The minimum atomic E-state index is -0.480. The van der Waals surface area contributed by atoms with E-state index >= 15 is 0 Å². The maximum Gasteiger partial charge on any atom is 0.139 e. The van der Waals surface area contributed by atoms with E-state index in [0.29, 0.717) is 6.61 Å². The Bertz CT molecular complexity index is 117. The minimum absolute atomic E-state index is 0.153. The average molecular weight is 173 g/mol. The van der Waals surface area contributed by atoms with Gasteiger partial charge in [0, 0.05) is 6.61 Å². The number of ether oxygens (including phenoxy) is 1. The van der Waals surface area contributed by atoms with Crippen molar-refractivity contribution in [1.29, 1.82) is 0 Å². The van der Waals surface area contributed by atoms with Crippen LogP contribution in [0.4, 0.5) is 0 Å². The fourth-order valence-corrected chi connectivity index (χ4v) is 0.843. The molecule has 0 aromatic carbocycles. The Kier molecular flexibility index (Phi) is 7.00. The maximum absolute atomic E-state index is 10.2. The maximum atomic E-state index is 10.2. The number of hydrogen-bond donors (Lipinski definition) is 1. The number of carbonyl (C=O) groups excluding carboxylic acids is 1. The fraction of sp³-hybridized carbons (Fsp3) is 0.889. The van der Waals surface area contributed by atoms with Gasteiger partial charge in [0.2, 0.25) is 0 Å². The van der Waals surface area contributed by atoms with Crippen LogP contribution < -0.4 is 5.73 Å². The molecular formula is C9H19NO2. The third-order valence-electron chi connectivity index (χ3n) is 1.83. The Morgan fingerprint density at radius 3 is 2.67 bits per heavy atom. The molecule has 2 atom stereocenters. The average Bonchev–Trinajstić information content (AvgIpc) is 2.10. The van der Waals surface area contributed by atoms with Crippen LogP contribution in [-0.4, -0.2) is 25.0 Å². The van der Waals surface area contributed by atoms with Crippen molar-refractivity contribution in [2.45, 2.75) is 45.3 Å². The Morgan fingerprint density at radius 1 is 1.50 bits per heavy atom. The summed E-state index contributed by atoms with van der Waals surface area (Å²) >= 11 is 0. The molecule has 0 aromatic heterocycles. The van der Waals surface area contributed by atoms with E-state index in [2.05, 4.69) is 6.92 Å². The van der Waals surface area contributed by atoms with Crippen LogP contribution in [0.2, 0.25) is 0 Å². The molecule has 0 unspecified atom stereocenters. The van der Waals surface area contributed by atoms with Crippen LogP contribution in [0.15, 0.2) is 0 Å². The van der Waals surface area contributed by atoms with Crippen LogP contribution in [0, 0.1) is 0 Å².